The Morgan fingerprint density at radius 3 is 2.83 bits per heavy atom. The number of aromatic nitrogens is 1. The highest BCUT2D eigenvalue weighted by Crippen LogP contribution is 2.22. The van der Waals surface area contributed by atoms with Crippen LogP contribution in [0.3, 0.4) is 0 Å². The number of nitro groups is 1. The first-order valence-electron chi connectivity index (χ1n) is 6.10. The van der Waals surface area contributed by atoms with Crippen LogP contribution in [0.15, 0.2) is 16.7 Å². The molecule has 18 heavy (non-hydrogen) atoms. The van der Waals surface area contributed by atoms with Crippen LogP contribution in [-0.2, 0) is 6.42 Å². The molecule has 1 rings (SSSR count). The monoisotopic (exact) mass is 315 g/mol. The molecule has 0 saturated carbocycles. The van der Waals surface area contributed by atoms with Gasteiger partial charge in [0, 0.05) is 29.2 Å². The summed E-state index contributed by atoms with van der Waals surface area (Å²) in [6.45, 7) is 5.08. The van der Waals surface area contributed by atoms with Crippen LogP contribution in [0, 0.1) is 10.1 Å². The lowest BCUT2D eigenvalue weighted by atomic mass is 10.1. The molecule has 5 nitrogen and oxygen atoms in total. The molecule has 1 unspecified atom stereocenters. The molecule has 0 spiro atoms. The van der Waals surface area contributed by atoms with Gasteiger partial charge in [0.1, 0.15) is 5.69 Å². The van der Waals surface area contributed by atoms with E-state index in [1.54, 1.807) is 6.20 Å². The fourth-order valence-electron chi connectivity index (χ4n) is 1.71. The van der Waals surface area contributed by atoms with Gasteiger partial charge in [-0.15, -0.1) is 0 Å². The second-order valence-corrected chi connectivity index (χ2v) is 5.06. The highest BCUT2D eigenvalue weighted by Gasteiger charge is 2.18. The molecular weight excluding hydrogens is 298 g/mol. The lowest BCUT2D eigenvalue weighted by Gasteiger charge is -2.15. The summed E-state index contributed by atoms with van der Waals surface area (Å²) in [5.41, 5.74) is 0.625. The molecule has 0 bridgehead atoms. The minimum Gasteiger partial charge on any atom is -0.314 e. The number of hydrogen-bond acceptors (Lipinski definition) is 4. The van der Waals surface area contributed by atoms with Crippen molar-refractivity contribution in [3.63, 3.8) is 0 Å². The SMILES string of the molecule is CCCNC(CC)Cc1ncc(Br)cc1[N+](=O)[O-]. The second-order valence-electron chi connectivity index (χ2n) is 4.14. The van der Waals surface area contributed by atoms with Crippen molar-refractivity contribution in [1.82, 2.24) is 10.3 Å². The standard InChI is InChI=1S/C12H18BrN3O2/c1-3-5-14-10(4-2)7-11-12(16(17)18)6-9(13)8-15-11/h6,8,10,14H,3-5,7H2,1-2H3. The lowest BCUT2D eigenvalue weighted by Crippen LogP contribution is -2.31. The van der Waals surface area contributed by atoms with E-state index in [0.29, 0.717) is 16.6 Å². The van der Waals surface area contributed by atoms with Crippen molar-refractivity contribution in [1.29, 1.82) is 0 Å². The van der Waals surface area contributed by atoms with Crippen molar-refractivity contribution in [3.8, 4) is 0 Å². The van der Waals surface area contributed by atoms with Gasteiger partial charge in [0.05, 0.1) is 4.92 Å². The number of rotatable bonds is 7. The molecule has 0 aliphatic carbocycles. The molecule has 0 amide bonds. The van der Waals surface area contributed by atoms with Crippen LogP contribution in [-0.4, -0.2) is 22.5 Å². The predicted molar refractivity (Wildman–Crippen MR) is 74.7 cm³/mol. The third-order valence-corrected chi connectivity index (χ3v) is 3.16. The van der Waals surface area contributed by atoms with E-state index in [-0.39, 0.29) is 16.7 Å². The van der Waals surface area contributed by atoms with E-state index < -0.39 is 0 Å². The highest BCUT2D eigenvalue weighted by molar-refractivity contribution is 9.10. The molecule has 0 fully saturated rings. The molecule has 1 heterocycles. The zero-order chi connectivity index (χ0) is 13.5. The zero-order valence-electron chi connectivity index (χ0n) is 10.6. The topological polar surface area (TPSA) is 68.1 Å². The van der Waals surface area contributed by atoms with Crippen molar-refractivity contribution in [2.45, 2.75) is 39.2 Å². The van der Waals surface area contributed by atoms with Crippen LogP contribution in [0.2, 0.25) is 0 Å². The largest absolute Gasteiger partial charge is 0.314 e. The Bertz CT molecular complexity index is 412. The molecule has 0 radical (unpaired) electrons. The maximum atomic E-state index is 11.0. The lowest BCUT2D eigenvalue weighted by molar-refractivity contribution is -0.386. The van der Waals surface area contributed by atoms with Gasteiger partial charge in [0.25, 0.3) is 5.69 Å². The summed E-state index contributed by atoms with van der Waals surface area (Å²) in [4.78, 5) is 14.8. The van der Waals surface area contributed by atoms with Crippen molar-refractivity contribution in [2.24, 2.45) is 0 Å². The van der Waals surface area contributed by atoms with Crippen LogP contribution < -0.4 is 5.32 Å². The van der Waals surface area contributed by atoms with Gasteiger partial charge >= 0.3 is 0 Å². The average molecular weight is 316 g/mol. The maximum absolute atomic E-state index is 11.0. The Morgan fingerprint density at radius 2 is 2.28 bits per heavy atom. The fourth-order valence-corrected chi connectivity index (χ4v) is 2.03. The summed E-state index contributed by atoms with van der Waals surface area (Å²) in [5, 5.41) is 14.4. The van der Waals surface area contributed by atoms with Crippen molar-refractivity contribution in [2.75, 3.05) is 6.54 Å². The number of nitrogens with one attached hydrogen (secondary N) is 1. The Balaban J connectivity index is 2.84. The van der Waals surface area contributed by atoms with E-state index in [2.05, 4.69) is 40.1 Å². The third-order valence-electron chi connectivity index (χ3n) is 2.73. The Kier molecular flexibility index (Phi) is 6.21. The highest BCUT2D eigenvalue weighted by atomic mass is 79.9. The van der Waals surface area contributed by atoms with Crippen LogP contribution in [0.1, 0.15) is 32.4 Å². The van der Waals surface area contributed by atoms with Gasteiger partial charge in [-0.1, -0.05) is 13.8 Å². The second kappa shape index (κ2) is 7.43. The average Bonchev–Trinajstić information content (AvgIpc) is 2.35. The first-order valence-corrected chi connectivity index (χ1v) is 6.90. The molecule has 1 aromatic rings. The number of hydrogen-bond donors (Lipinski definition) is 1. The summed E-state index contributed by atoms with van der Waals surface area (Å²) >= 11 is 3.21. The Hall–Kier alpha value is -1.01. The van der Waals surface area contributed by atoms with E-state index >= 15 is 0 Å². The minimum atomic E-state index is -0.375. The van der Waals surface area contributed by atoms with Gasteiger partial charge in [-0.3, -0.25) is 15.1 Å². The van der Waals surface area contributed by atoms with Crippen LogP contribution in [0.5, 0.6) is 0 Å². The minimum absolute atomic E-state index is 0.0844. The smallest absolute Gasteiger partial charge is 0.291 e. The zero-order valence-corrected chi connectivity index (χ0v) is 12.2. The maximum Gasteiger partial charge on any atom is 0.291 e. The first kappa shape index (κ1) is 15.0. The van der Waals surface area contributed by atoms with Gasteiger partial charge < -0.3 is 5.32 Å². The van der Waals surface area contributed by atoms with Gasteiger partial charge in [0.15, 0.2) is 0 Å². The third kappa shape index (κ3) is 4.34. The van der Waals surface area contributed by atoms with Crippen molar-refractivity contribution >= 4 is 21.6 Å². The summed E-state index contributed by atoms with van der Waals surface area (Å²) in [7, 11) is 0. The molecule has 1 aromatic heterocycles. The normalized spacial score (nSPS) is 12.4. The van der Waals surface area contributed by atoms with Gasteiger partial charge in [-0.2, -0.15) is 0 Å². The van der Waals surface area contributed by atoms with E-state index in [4.69, 9.17) is 0 Å². The quantitative estimate of drug-likeness (QED) is 0.620. The summed E-state index contributed by atoms with van der Waals surface area (Å²) in [6.07, 6.45) is 4.16. The van der Waals surface area contributed by atoms with Gasteiger partial charge in [0.2, 0.25) is 0 Å². The van der Waals surface area contributed by atoms with E-state index in [1.165, 1.54) is 6.07 Å². The number of pyridine rings is 1. The fraction of sp³-hybridized carbons (Fsp3) is 0.583. The van der Waals surface area contributed by atoms with E-state index in [0.717, 1.165) is 19.4 Å². The van der Waals surface area contributed by atoms with Crippen molar-refractivity contribution in [3.05, 3.63) is 32.5 Å². The van der Waals surface area contributed by atoms with Gasteiger partial charge in [-0.05, 0) is 35.3 Å². The molecule has 0 aliphatic heterocycles. The molecule has 1 N–H and O–H groups in total. The summed E-state index contributed by atoms with van der Waals surface area (Å²) in [6, 6.07) is 1.74. The van der Waals surface area contributed by atoms with E-state index in [1.807, 2.05) is 0 Å². The molecule has 0 aliphatic rings. The molecular formula is C12H18BrN3O2. The van der Waals surface area contributed by atoms with Crippen LogP contribution >= 0.6 is 15.9 Å². The summed E-state index contributed by atoms with van der Waals surface area (Å²) in [5.74, 6) is 0. The molecule has 0 saturated heterocycles. The van der Waals surface area contributed by atoms with E-state index in [9.17, 15) is 10.1 Å². The molecule has 0 aromatic carbocycles. The van der Waals surface area contributed by atoms with Crippen molar-refractivity contribution < 1.29 is 4.92 Å². The van der Waals surface area contributed by atoms with Crippen LogP contribution in [0.25, 0.3) is 0 Å². The Labute approximate surface area is 115 Å². The molecule has 6 heteroatoms. The predicted octanol–water partition coefficient (Wildman–Crippen LogP) is 3.07. The van der Waals surface area contributed by atoms with Gasteiger partial charge in [-0.25, -0.2) is 0 Å². The number of nitrogens with zero attached hydrogens (tertiary/aromatic N) is 2. The number of halogens is 1. The molecule has 100 valence electrons. The first-order chi connectivity index (χ1) is 8.58. The summed E-state index contributed by atoms with van der Waals surface area (Å²) < 4.78 is 0.632. The Morgan fingerprint density at radius 1 is 1.56 bits per heavy atom. The van der Waals surface area contributed by atoms with Crippen LogP contribution in [0.4, 0.5) is 5.69 Å². The molecule has 1 atom stereocenters.